The zero-order chi connectivity index (χ0) is 18.9. The maximum Gasteiger partial charge on any atom is 0.251 e. The summed E-state index contributed by atoms with van der Waals surface area (Å²) in [6.07, 6.45) is 4.22. The number of rotatable bonds is 5. The van der Waals surface area contributed by atoms with E-state index in [9.17, 15) is 13.2 Å². The third-order valence-electron chi connectivity index (χ3n) is 5.46. The number of benzene rings is 2. The lowest BCUT2D eigenvalue weighted by molar-refractivity contribution is 0.0923. The second-order valence-corrected chi connectivity index (χ2v) is 9.54. The highest BCUT2D eigenvalue weighted by Crippen LogP contribution is 2.27. The average molecular weight is 385 g/mol. The van der Waals surface area contributed by atoms with E-state index in [2.05, 4.69) is 10.6 Å². The number of piperidine rings is 1. The van der Waals surface area contributed by atoms with E-state index in [1.807, 2.05) is 18.2 Å². The Hall–Kier alpha value is -2.18. The summed E-state index contributed by atoms with van der Waals surface area (Å²) in [5, 5.41) is 6.65. The van der Waals surface area contributed by atoms with Crippen molar-refractivity contribution in [3.05, 3.63) is 65.7 Å². The standard InChI is InChI=1S/C21H24N2O3S/c24-21(23-19-12-17-9-10-18(13-19)22-17)16-7-4-8-20(11-16)27(25,26)14-15-5-2-1-3-6-15/h1-8,11,17-19,22H,9-10,12-14H2,(H,23,24). The molecule has 2 bridgehead atoms. The Kier molecular flexibility index (Phi) is 5.02. The van der Waals surface area contributed by atoms with Gasteiger partial charge >= 0.3 is 0 Å². The molecule has 0 radical (unpaired) electrons. The molecule has 2 saturated heterocycles. The quantitative estimate of drug-likeness (QED) is 0.831. The van der Waals surface area contributed by atoms with Crippen LogP contribution in [0.3, 0.4) is 0 Å². The van der Waals surface area contributed by atoms with Gasteiger partial charge < -0.3 is 10.6 Å². The van der Waals surface area contributed by atoms with Crippen molar-refractivity contribution in [2.45, 2.75) is 54.5 Å². The van der Waals surface area contributed by atoms with Crippen LogP contribution in [0.15, 0.2) is 59.5 Å². The number of carbonyl (C=O) groups is 1. The topological polar surface area (TPSA) is 75.3 Å². The van der Waals surface area contributed by atoms with E-state index >= 15 is 0 Å². The fourth-order valence-electron chi connectivity index (χ4n) is 4.15. The lowest BCUT2D eigenvalue weighted by Crippen LogP contribution is -2.48. The Morgan fingerprint density at radius 2 is 1.70 bits per heavy atom. The van der Waals surface area contributed by atoms with Crippen LogP contribution in [0.2, 0.25) is 0 Å². The molecule has 0 spiro atoms. The largest absolute Gasteiger partial charge is 0.349 e. The van der Waals surface area contributed by atoms with Crippen molar-refractivity contribution in [1.29, 1.82) is 0 Å². The van der Waals surface area contributed by atoms with Crippen LogP contribution in [0.25, 0.3) is 0 Å². The van der Waals surface area contributed by atoms with E-state index < -0.39 is 9.84 Å². The van der Waals surface area contributed by atoms with Crippen molar-refractivity contribution in [3.63, 3.8) is 0 Å². The molecule has 2 N–H and O–H groups in total. The molecule has 142 valence electrons. The summed E-state index contributed by atoms with van der Waals surface area (Å²) in [6.45, 7) is 0. The fraction of sp³-hybridized carbons (Fsp3) is 0.381. The van der Waals surface area contributed by atoms with Gasteiger partial charge in [-0.2, -0.15) is 0 Å². The maximum atomic E-state index is 12.7. The lowest BCUT2D eigenvalue weighted by atomic mass is 9.99. The highest BCUT2D eigenvalue weighted by atomic mass is 32.2. The molecule has 2 aliphatic rings. The van der Waals surface area contributed by atoms with Crippen LogP contribution < -0.4 is 10.6 Å². The second-order valence-electron chi connectivity index (χ2n) is 7.55. The lowest BCUT2D eigenvalue weighted by Gasteiger charge is -2.29. The second kappa shape index (κ2) is 7.44. The number of carbonyl (C=O) groups excluding carboxylic acids is 1. The molecule has 2 atom stereocenters. The molecule has 6 heteroatoms. The number of nitrogens with one attached hydrogen (secondary N) is 2. The van der Waals surface area contributed by atoms with Gasteiger partial charge in [0.05, 0.1) is 10.6 Å². The van der Waals surface area contributed by atoms with Gasteiger partial charge in [0.25, 0.3) is 5.91 Å². The molecule has 2 fully saturated rings. The summed E-state index contributed by atoms with van der Waals surface area (Å²) >= 11 is 0. The molecule has 2 heterocycles. The van der Waals surface area contributed by atoms with Crippen LogP contribution in [0, 0.1) is 0 Å². The van der Waals surface area contributed by atoms with Crippen LogP contribution in [0.1, 0.15) is 41.6 Å². The van der Waals surface area contributed by atoms with E-state index in [0.29, 0.717) is 17.6 Å². The molecule has 5 nitrogen and oxygen atoms in total. The predicted octanol–water partition coefficient (Wildman–Crippen LogP) is 2.67. The van der Waals surface area contributed by atoms with Gasteiger partial charge in [-0.15, -0.1) is 0 Å². The van der Waals surface area contributed by atoms with Gasteiger partial charge in [0.2, 0.25) is 0 Å². The average Bonchev–Trinajstić information content (AvgIpc) is 3.00. The molecule has 2 aliphatic heterocycles. The molecule has 0 aromatic heterocycles. The minimum atomic E-state index is -3.50. The van der Waals surface area contributed by atoms with Crippen LogP contribution in [0.4, 0.5) is 0 Å². The first-order valence-corrected chi connectivity index (χ1v) is 11.1. The van der Waals surface area contributed by atoms with Crippen molar-refractivity contribution in [3.8, 4) is 0 Å². The Labute approximate surface area is 160 Å². The number of hydrogen-bond donors (Lipinski definition) is 2. The third kappa shape index (κ3) is 4.22. The minimum Gasteiger partial charge on any atom is -0.349 e. The number of amides is 1. The van der Waals surface area contributed by atoms with Gasteiger partial charge in [-0.25, -0.2) is 8.42 Å². The highest BCUT2D eigenvalue weighted by molar-refractivity contribution is 7.90. The zero-order valence-electron chi connectivity index (χ0n) is 15.1. The summed E-state index contributed by atoms with van der Waals surface area (Å²) < 4.78 is 25.4. The number of sulfone groups is 1. The molecule has 0 aliphatic carbocycles. The third-order valence-corrected chi connectivity index (χ3v) is 7.15. The molecule has 1 amide bonds. The zero-order valence-corrected chi connectivity index (χ0v) is 15.9. The molecular formula is C21H24N2O3S. The summed E-state index contributed by atoms with van der Waals surface area (Å²) in [5.74, 6) is -0.269. The van der Waals surface area contributed by atoms with E-state index in [0.717, 1.165) is 18.4 Å². The van der Waals surface area contributed by atoms with Crippen LogP contribution in [-0.4, -0.2) is 32.5 Å². The highest BCUT2D eigenvalue weighted by Gasteiger charge is 2.34. The van der Waals surface area contributed by atoms with Gasteiger partial charge in [-0.3, -0.25) is 4.79 Å². The van der Waals surface area contributed by atoms with E-state index in [1.165, 1.54) is 18.9 Å². The van der Waals surface area contributed by atoms with Gasteiger partial charge in [0.15, 0.2) is 9.84 Å². The monoisotopic (exact) mass is 384 g/mol. The fourth-order valence-corrected chi connectivity index (χ4v) is 5.54. The molecule has 2 unspecified atom stereocenters. The predicted molar refractivity (Wildman–Crippen MR) is 104 cm³/mol. The van der Waals surface area contributed by atoms with Crippen molar-refractivity contribution < 1.29 is 13.2 Å². The normalized spacial score (nSPS) is 24.5. The van der Waals surface area contributed by atoms with Gasteiger partial charge in [-0.1, -0.05) is 36.4 Å². The molecule has 27 heavy (non-hydrogen) atoms. The van der Waals surface area contributed by atoms with Crippen molar-refractivity contribution in [2.24, 2.45) is 0 Å². The molecule has 2 aromatic rings. The van der Waals surface area contributed by atoms with Crippen LogP contribution >= 0.6 is 0 Å². The van der Waals surface area contributed by atoms with Crippen molar-refractivity contribution in [1.82, 2.24) is 10.6 Å². The van der Waals surface area contributed by atoms with Crippen molar-refractivity contribution >= 4 is 15.7 Å². The Morgan fingerprint density at radius 1 is 1.00 bits per heavy atom. The Balaban J connectivity index is 1.47. The van der Waals surface area contributed by atoms with E-state index in [4.69, 9.17) is 0 Å². The smallest absolute Gasteiger partial charge is 0.251 e. The van der Waals surface area contributed by atoms with Gasteiger partial charge in [0.1, 0.15) is 0 Å². The first kappa shape index (κ1) is 18.2. The summed E-state index contributed by atoms with van der Waals surface area (Å²) in [6, 6.07) is 16.6. The minimum absolute atomic E-state index is 0.0729. The summed E-state index contributed by atoms with van der Waals surface area (Å²) in [7, 11) is -3.50. The first-order valence-electron chi connectivity index (χ1n) is 9.43. The molecular weight excluding hydrogens is 360 g/mol. The van der Waals surface area contributed by atoms with Gasteiger partial charge in [0, 0.05) is 23.7 Å². The van der Waals surface area contributed by atoms with Crippen LogP contribution in [0.5, 0.6) is 0 Å². The van der Waals surface area contributed by atoms with E-state index in [-0.39, 0.29) is 22.6 Å². The first-order chi connectivity index (χ1) is 13.0. The number of hydrogen-bond acceptors (Lipinski definition) is 4. The molecule has 4 rings (SSSR count). The Bertz CT molecular complexity index is 915. The van der Waals surface area contributed by atoms with Crippen molar-refractivity contribution in [2.75, 3.05) is 0 Å². The summed E-state index contributed by atoms with van der Waals surface area (Å²) in [5.41, 5.74) is 1.13. The van der Waals surface area contributed by atoms with Crippen LogP contribution in [-0.2, 0) is 15.6 Å². The molecule has 0 saturated carbocycles. The SMILES string of the molecule is O=C(NC1CC2CCC(C1)N2)c1cccc(S(=O)(=O)Cc2ccccc2)c1. The number of fused-ring (bicyclic) bond motifs is 2. The Morgan fingerprint density at radius 3 is 2.41 bits per heavy atom. The van der Waals surface area contributed by atoms with E-state index in [1.54, 1.807) is 30.3 Å². The van der Waals surface area contributed by atoms with Gasteiger partial charge in [-0.05, 0) is 49.4 Å². The molecule has 2 aromatic carbocycles. The maximum absolute atomic E-state index is 12.7. The summed E-state index contributed by atoms with van der Waals surface area (Å²) in [4.78, 5) is 12.8.